The zero-order valence-corrected chi connectivity index (χ0v) is 13.9. The average Bonchev–Trinajstić information content (AvgIpc) is 2.63. The average molecular weight is 319 g/mol. The van der Waals surface area contributed by atoms with Gasteiger partial charge in [-0.15, -0.1) is 0 Å². The summed E-state index contributed by atoms with van der Waals surface area (Å²) in [5.41, 5.74) is 2.90. The van der Waals surface area contributed by atoms with Crippen molar-refractivity contribution in [3.63, 3.8) is 0 Å². The van der Waals surface area contributed by atoms with E-state index in [0.717, 1.165) is 38.3 Å². The van der Waals surface area contributed by atoms with E-state index in [1.54, 1.807) is 24.3 Å². The lowest BCUT2D eigenvalue weighted by Crippen LogP contribution is -2.43. The highest BCUT2D eigenvalue weighted by Gasteiger charge is 2.15. The number of piperazine rings is 1. The van der Waals surface area contributed by atoms with Gasteiger partial charge in [0.15, 0.2) is 5.78 Å². The van der Waals surface area contributed by atoms with Crippen molar-refractivity contribution in [2.24, 2.45) is 0 Å². The fraction of sp³-hybridized carbons (Fsp3) is 0.300. The van der Waals surface area contributed by atoms with Crippen LogP contribution in [0.5, 0.6) is 0 Å². The molecule has 0 saturated carbocycles. The van der Waals surface area contributed by atoms with E-state index in [2.05, 4.69) is 29.0 Å². The van der Waals surface area contributed by atoms with Gasteiger partial charge >= 0.3 is 0 Å². The first-order valence-electron chi connectivity index (χ1n) is 8.20. The van der Waals surface area contributed by atoms with Gasteiger partial charge in [0.05, 0.1) is 11.6 Å². The molecule has 0 radical (unpaired) electrons. The second-order valence-corrected chi connectivity index (χ2v) is 6.30. The summed E-state index contributed by atoms with van der Waals surface area (Å²) in [7, 11) is 2.14. The number of carbonyl (C=O) groups excluding carboxylic acids is 1. The fourth-order valence-electron chi connectivity index (χ4n) is 2.97. The number of nitriles is 1. The van der Waals surface area contributed by atoms with Crippen LogP contribution in [-0.2, 0) is 6.54 Å². The molecule has 1 aliphatic heterocycles. The molecule has 0 spiro atoms. The first kappa shape index (κ1) is 16.4. The van der Waals surface area contributed by atoms with Crippen molar-refractivity contribution in [1.29, 1.82) is 5.26 Å². The minimum atomic E-state index is -0.0349. The molecule has 1 aliphatic rings. The Balaban J connectivity index is 1.75. The number of likely N-dealkylation sites (N-methyl/N-ethyl adjacent to an activating group) is 1. The predicted octanol–water partition coefficient (Wildman–Crippen LogP) is 2.54. The molecule has 4 nitrogen and oxygen atoms in total. The first-order valence-corrected chi connectivity index (χ1v) is 8.20. The van der Waals surface area contributed by atoms with Crippen LogP contribution in [0.15, 0.2) is 48.5 Å². The topological polar surface area (TPSA) is 47.3 Å². The van der Waals surface area contributed by atoms with Crippen molar-refractivity contribution < 1.29 is 4.79 Å². The highest BCUT2D eigenvalue weighted by Crippen LogP contribution is 2.15. The van der Waals surface area contributed by atoms with E-state index >= 15 is 0 Å². The number of hydrogen-bond acceptors (Lipinski definition) is 4. The summed E-state index contributed by atoms with van der Waals surface area (Å²) in [6.45, 7) is 5.14. The van der Waals surface area contributed by atoms with Crippen LogP contribution in [-0.4, -0.2) is 48.8 Å². The third kappa shape index (κ3) is 3.88. The molecule has 0 bridgehead atoms. The monoisotopic (exact) mass is 319 g/mol. The number of nitrogens with zero attached hydrogens (tertiary/aromatic N) is 3. The molecule has 122 valence electrons. The van der Waals surface area contributed by atoms with Crippen molar-refractivity contribution in [2.75, 3.05) is 33.2 Å². The third-order valence-electron chi connectivity index (χ3n) is 4.45. The normalized spacial score (nSPS) is 15.8. The molecule has 0 N–H and O–H groups in total. The van der Waals surface area contributed by atoms with Crippen molar-refractivity contribution >= 4 is 5.78 Å². The zero-order chi connectivity index (χ0) is 16.9. The zero-order valence-electron chi connectivity index (χ0n) is 13.9. The lowest BCUT2D eigenvalue weighted by atomic mass is 10.00. The first-order chi connectivity index (χ1) is 11.7. The van der Waals surface area contributed by atoms with E-state index in [1.807, 2.05) is 18.2 Å². The molecule has 3 rings (SSSR count). The maximum atomic E-state index is 12.7. The minimum Gasteiger partial charge on any atom is -0.304 e. The van der Waals surface area contributed by atoms with Crippen LogP contribution in [0.4, 0.5) is 0 Å². The highest BCUT2D eigenvalue weighted by molar-refractivity contribution is 6.09. The number of rotatable bonds is 4. The second kappa shape index (κ2) is 7.39. The molecule has 2 aromatic rings. The van der Waals surface area contributed by atoms with Crippen molar-refractivity contribution in [1.82, 2.24) is 9.80 Å². The van der Waals surface area contributed by atoms with Crippen molar-refractivity contribution in [3.05, 3.63) is 70.8 Å². The Morgan fingerprint density at radius 2 is 1.71 bits per heavy atom. The van der Waals surface area contributed by atoms with Crippen LogP contribution in [0, 0.1) is 11.3 Å². The molecule has 0 aliphatic carbocycles. The Bertz CT molecular complexity index is 770. The molecule has 1 heterocycles. The standard InChI is InChI=1S/C20H21N3O/c1-22-8-10-23(11-9-22)15-17-5-3-7-19(13-17)20(24)18-6-2-4-16(12-18)14-21/h2-7,12-13H,8-11,15H2,1H3. The van der Waals surface area contributed by atoms with Crippen LogP contribution >= 0.6 is 0 Å². The summed E-state index contributed by atoms with van der Waals surface area (Å²) in [5.74, 6) is -0.0349. The molecule has 4 heteroatoms. The van der Waals surface area contributed by atoms with Crippen LogP contribution in [0.1, 0.15) is 27.0 Å². The molecule has 1 fully saturated rings. The third-order valence-corrected chi connectivity index (χ3v) is 4.45. The molecule has 0 amide bonds. The molecule has 24 heavy (non-hydrogen) atoms. The molecular formula is C20H21N3O. The van der Waals surface area contributed by atoms with Crippen LogP contribution in [0.25, 0.3) is 0 Å². The Morgan fingerprint density at radius 3 is 2.42 bits per heavy atom. The summed E-state index contributed by atoms with van der Waals surface area (Å²) in [5, 5.41) is 8.99. The summed E-state index contributed by atoms with van der Waals surface area (Å²) in [6.07, 6.45) is 0. The van der Waals surface area contributed by atoms with Crippen LogP contribution in [0.3, 0.4) is 0 Å². The summed E-state index contributed by atoms with van der Waals surface area (Å²) < 4.78 is 0. The number of hydrogen-bond donors (Lipinski definition) is 0. The van der Waals surface area contributed by atoms with E-state index in [9.17, 15) is 4.79 Å². The summed E-state index contributed by atoms with van der Waals surface area (Å²) in [4.78, 5) is 17.4. The SMILES string of the molecule is CN1CCN(Cc2cccc(C(=O)c3cccc(C#N)c3)c2)CC1. The lowest BCUT2D eigenvalue weighted by Gasteiger charge is -2.32. The van der Waals surface area contributed by atoms with Gasteiger partial charge in [-0.25, -0.2) is 0 Å². The maximum Gasteiger partial charge on any atom is 0.193 e. The summed E-state index contributed by atoms with van der Waals surface area (Å²) in [6, 6.07) is 16.8. The van der Waals surface area contributed by atoms with Gasteiger partial charge < -0.3 is 4.90 Å². The number of benzene rings is 2. The molecule has 0 unspecified atom stereocenters. The van der Waals surface area contributed by atoms with Crippen molar-refractivity contribution in [2.45, 2.75) is 6.54 Å². The van der Waals surface area contributed by atoms with E-state index in [0.29, 0.717) is 16.7 Å². The number of ketones is 1. The molecule has 2 aromatic carbocycles. The lowest BCUT2D eigenvalue weighted by molar-refractivity contribution is 0.103. The second-order valence-electron chi connectivity index (χ2n) is 6.30. The quantitative estimate of drug-likeness (QED) is 0.813. The van der Waals surface area contributed by atoms with Crippen LogP contribution in [0.2, 0.25) is 0 Å². The van der Waals surface area contributed by atoms with E-state index in [1.165, 1.54) is 0 Å². The molecule has 0 atom stereocenters. The van der Waals surface area contributed by atoms with E-state index in [-0.39, 0.29) is 5.78 Å². The smallest absolute Gasteiger partial charge is 0.193 e. The maximum absolute atomic E-state index is 12.7. The van der Waals surface area contributed by atoms with Gasteiger partial charge in [-0.2, -0.15) is 5.26 Å². The van der Waals surface area contributed by atoms with Gasteiger partial charge in [0.2, 0.25) is 0 Å². The Hall–Kier alpha value is -2.48. The Labute approximate surface area is 142 Å². The van der Waals surface area contributed by atoms with Gasteiger partial charge in [-0.1, -0.05) is 30.3 Å². The fourth-order valence-corrected chi connectivity index (χ4v) is 2.97. The molecule has 1 saturated heterocycles. The van der Waals surface area contributed by atoms with E-state index < -0.39 is 0 Å². The number of carbonyl (C=O) groups is 1. The van der Waals surface area contributed by atoms with Gasteiger partial charge in [-0.3, -0.25) is 9.69 Å². The highest BCUT2D eigenvalue weighted by atomic mass is 16.1. The molecule has 0 aromatic heterocycles. The summed E-state index contributed by atoms with van der Waals surface area (Å²) >= 11 is 0. The van der Waals surface area contributed by atoms with E-state index in [4.69, 9.17) is 5.26 Å². The molecular weight excluding hydrogens is 298 g/mol. The van der Waals surface area contributed by atoms with Gasteiger partial charge in [-0.05, 0) is 30.8 Å². The predicted molar refractivity (Wildman–Crippen MR) is 93.8 cm³/mol. The van der Waals surface area contributed by atoms with Gasteiger partial charge in [0, 0.05) is 43.9 Å². The van der Waals surface area contributed by atoms with Gasteiger partial charge in [0.1, 0.15) is 0 Å². The van der Waals surface area contributed by atoms with Crippen molar-refractivity contribution in [3.8, 4) is 6.07 Å². The Morgan fingerprint density at radius 1 is 1.04 bits per heavy atom. The van der Waals surface area contributed by atoms with Crippen LogP contribution < -0.4 is 0 Å². The van der Waals surface area contributed by atoms with Gasteiger partial charge in [0.25, 0.3) is 0 Å². The minimum absolute atomic E-state index is 0.0349. The largest absolute Gasteiger partial charge is 0.304 e. The Kier molecular flexibility index (Phi) is 5.05.